The summed E-state index contributed by atoms with van der Waals surface area (Å²) in [4.78, 5) is 18.2. The Morgan fingerprint density at radius 3 is 2.36 bits per heavy atom. The maximum absolute atomic E-state index is 13.3. The average Bonchev–Trinajstić information content (AvgIpc) is 2.84. The summed E-state index contributed by atoms with van der Waals surface area (Å²) in [6.45, 7) is 11.0. The van der Waals surface area contributed by atoms with Crippen LogP contribution < -0.4 is 19.6 Å². The van der Waals surface area contributed by atoms with E-state index in [-0.39, 0.29) is 5.43 Å². The number of methoxy groups -OCH3 is 2. The molecular formula is C26H32N2O5. The molecule has 0 bridgehead atoms. The van der Waals surface area contributed by atoms with Crippen LogP contribution in [0.2, 0.25) is 0 Å². The van der Waals surface area contributed by atoms with Gasteiger partial charge in [0.1, 0.15) is 23.7 Å². The third-order valence-electron chi connectivity index (χ3n) is 6.30. The van der Waals surface area contributed by atoms with Crippen LogP contribution in [-0.4, -0.2) is 69.9 Å². The maximum Gasteiger partial charge on any atom is 0.200 e. The molecule has 3 aromatic rings. The van der Waals surface area contributed by atoms with Crippen molar-refractivity contribution < 1.29 is 18.6 Å². The van der Waals surface area contributed by atoms with Crippen LogP contribution in [0.4, 0.5) is 0 Å². The highest BCUT2D eigenvalue weighted by Gasteiger charge is 2.17. The SMILES string of the molecule is CCN1CCN(CCOc2ccc3c(=O)c(-c4ccc(OC)c(OC)c4)c(C)oc3c2)CC1. The number of fused-ring (bicyclic) bond motifs is 1. The molecule has 0 N–H and O–H groups in total. The summed E-state index contributed by atoms with van der Waals surface area (Å²) in [7, 11) is 3.16. The maximum atomic E-state index is 13.3. The molecule has 1 aliphatic heterocycles. The van der Waals surface area contributed by atoms with Gasteiger partial charge < -0.3 is 23.5 Å². The molecule has 0 saturated carbocycles. The number of rotatable bonds is 8. The standard InChI is InChI=1S/C26H32N2O5/c1-5-27-10-12-28(13-11-27)14-15-32-20-7-8-21-23(17-20)33-18(2)25(26(21)29)19-6-9-22(30-3)24(16-19)31-4/h6-9,16-17H,5,10-15H2,1-4H3. The number of aryl methyl sites for hydroxylation is 1. The third kappa shape index (κ3) is 4.99. The minimum absolute atomic E-state index is 0.0821. The zero-order chi connectivity index (χ0) is 23.4. The van der Waals surface area contributed by atoms with Crippen molar-refractivity contribution in [3.05, 3.63) is 52.4 Å². The molecule has 2 heterocycles. The lowest BCUT2D eigenvalue weighted by Crippen LogP contribution is -2.47. The van der Waals surface area contributed by atoms with E-state index >= 15 is 0 Å². The predicted octanol–water partition coefficient (Wildman–Crippen LogP) is 3.80. The summed E-state index contributed by atoms with van der Waals surface area (Å²) in [5, 5.41) is 0.522. The molecule has 2 aromatic carbocycles. The zero-order valence-electron chi connectivity index (χ0n) is 19.8. The second kappa shape index (κ2) is 10.3. The van der Waals surface area contributed by atoms with Crippen molar-refractivity contribution in [1.29, 1.82) is 0 Å². The molecule has 7 heteroatoms. The minimum Gasteiger partial charge on any atom is -0.493 e. The molecule has 0 unspecified atom stereocenters. The van der Waals surface area contributed by atoms with E-state index < -0.39 is 0 Å². The van der Waals surface area contributed by atoms with Gasteiger partial charge in [-0.1, -0.05) is 13.0 Å². The van der Waals surface area contributed by atoms with Gasteiger partial charge in [-0.15, -0.1) is 0 Å². The molecule has 1 aromatic heterocycles. The van der Waals surface area contributed by atoms with Gasteiger partial charge in [0.25, 0.3) is 0 Å². The number of benzene rings is 2. The number of piperazine rings is 1. The van der Waals surface area contributed by atoms with Crippen LogP contribution in [0.15, 0.2) is 45.6 Å². The number of hydrogen-bond donors (Lipinski definition) is 0. The van der Waals surface area contributed by atoms with Crippen molar-refractivity contribution in [3.8, 4) is 28.4 Å². The monoisotopic (exact) mass is 452 g/mol. The van der Waals surface area contributed by atoms with Gasteiger partial charge in [-0.2, -0.15) is 0 Å². The van der Waals surface area contributed by atoms with E-state index in [0.717, 1.165) is 44.8 Å². The molecule has 0 spiro atoms. The lowest BCUT2D eigenvalue weighted by molar-refractivity contribution is 0.121. The fourth-order valence-corrected chi connectivity index (χ4v) is 4.32. The molecule has 1 saturated heterocycles. The lowest BCUT2D eigenvalue weighted by Gasteiger charge is -2.33. The molecular weight excluding hydrogens is 420 g/mol. The van der Waals surface area contributed by atoms with Gasteiger partial charge in [0.2, 0.25) is 5.43 Å². The van der Waals surface area contributed by atoms with Crippen LogP contribution >= 0.6 is 0 Å². The largest absolute Gasteiger partial charge is 0.493 e. The summed E-state index contributed by atoms with van der Waals surface area (Å²) in [5.74, 6) is 2.42. The Morgan fingerprint density at radius 2 is 1.67 bits per heavy atom. The van der Waals surface area contributed by atoms with Gasteiger partial charge in [-0.25, -0.2) is 0 Å². The molecule has 176 valence electrons. The average molecular weight is 453 g/mol. The van der Waals surface area contributed by atoms with Crippen molar-refractivity contribution >= 4 is 11.0 Å². The highest BCUT2D eigenvalue weighted by molar-refractivity contribution is 5.84. The molecule has 4 rings (SSSR count). The molecule has 0 amide bonds. The smallest absolute Gasteiger partial charge is 0.200 e. The van der Waals surface area contributed by atoms with Gasteiger partial charge >= 0.3 is 0 Å². The zero-order valence-corrected chi connectivity index (χ0v) is 19.8. The first kappa shape index (κ1) is 23.1. The van der Waals surface area contributed by atoms with Gasteiger partial charge in [-0.05, 0) is 43.3 Å². The van der Waals surface area contributed by atoms with Crippen molar-refractivity contribution in [1.82, 2.24) is 9.80 Å². The summed E-state index contributed by atoms with van der Waals surface area (Å²) in [6, 6.07) is 10.8. The van der Waals surface area contributed by atoms with E-state index in [4.69, 9.17) is 18.6 Å². The van der Waals surface area contributed by atoms with E-state index in [0.29, 0.717) is 46.1 Å². The van der Waals surface area contributed by atoms with E-state index in [1.54, 1.807) is 45.4 Å². The fraction of sp³-hybridized carbons (Fsp3) is 0.423. The molecule has 33 heavy (non-hydrogen) atoms. The normalized spacial score (nSPS) is 15.0. The third-order valence-corrected chi connectivity index (χ3v) is 6.30. The quantitative estimate of drug-likeness (QED) is 0.515. The second-order valence-corrected chi connectivity index (χ2v) is 8.21. The van der Waals surface area contributed by atoms with Crippen molar-refractivity contribution in [3.63, 3.8) is 0 Å². The lowest BCUT2D eigenvalue weighted by atomic mass is 10.0. The van der Waals surface area contributed by atoms with Crippen LogP contribution in [-0.2, 0) is 0 Å². The predicted molar refractivity (Wildman–Crippen MR) is 130 cm³/mol. The van der Waals surface area contributed by atoms with Crippen molar-refractivity contribution in [2.75, 3.05) is 60.1 Å². The molecule has 1 aliphatic rings. The Hall–Kier alpha value is -3.03. The van der Waals surface area contributed by atoms with E-state index in [9.17, 15) is 4.79 Å². The summed E-state index contributed by atoms with van der Waals surface area (Å²) >= 11 is 0. The van der Waals surface area contributed by atoms with Crippen LogP contribution in [0.3, 0.4) is 0 Å². The molecule has 0 aliphatic carbocycles. The van der Waals surface area contributed by atoms with Gasteiger partial charge in [0.15, 0.2) is 11.5 Å². The van der Waals surface area contributed by atoms with Crippen LogP contribution in [0, 0.1) is 6.92 Å². The highest BCUT2D eigenvalue weighted by atomic mass is 16.5. The Kier molecular flexibility index (Phi) is 7.20. The minimum atomic E-state index is -0.0821. The van der Waals surface area contributed by atoms with Crippen LogP contribution in [0.1, 0.15) is 12.7 Å². The second-order valence-electron chi connectivity index (χ2n) is 8.21. The molecule has 0 atom stereocenters. The Labute approximate surface area is 194 Å². The number of hydrogen-bond acceptors (Lipinski definition) is 7. The first-order valence-electron chi connectivity index (χ1n) is 11.4. The fourth-order valence-electron chi connectivity index (χ4n) is 4.32. The van der Waals surface area contributed by atoms with Gasteiger partial charge in [0, 0.05) is 38.8 Å². The molecule has 0 radical (unpaired) electrons. The van der Waals surface area contributed by atoms with Gasteiger partial charge in [-0.3, -0.25) is 9.69 Å². The van der Waals surface area contributed by atoms with Crippen LogP contribution in [0.5, 0.6) is 17.2 Å². The summed E-state index contributed by atoms with van der Waals surface area (Å²) < 4.78 is 22.7. The van der Waals surface area contributed by atoms with Crippen LogP contribution in [0.25, 0.3) is 22.1 Å². The number of ether oxygens (including phenoxy) is 3. The number of nitrogens with zero attached hydrogens (tertiary/aromatic N) is 2. The number of likely N-dealkylation sites (N-methyl/N-ethyl adjacent to an activating group) is 1. The molecule has 1 fully saturated rings. The Morgan fingerprint density at radius 1 is 0.939 bits per heavy atom. The summed E-state index contributed by atoms with van der Waals surface area (Å²) in [5.41, 5.74) is 1.68. The first-order valence-corrected chi connectivity index (χ1v) is 11.4. The molecule has 7 nitrogen and oxygen atoms in total. The van der Waals surface area contributed by atoms with Gasteiger partial charge in [0.05, 0.1) is 25.2 Å². The van der Waals surface area contributed by atoms with Crippen molar-refractivity contribution in [2.45, 2.75) is 13.8 Å². The Balaban J connectivity index is 1.51. The Bertz CT molecular complexity index is 1170. The summed E-state index contributed by atoms with van der Waals surface area (Å²) in [6.07, 6.45) is 0. The first-order chi connectivity index (χ1) is 16.0. The highest BCUT2D eigenvalue weighted by Crippen LogP contribution is 2.33. The van der Waals surface area contributed by atoms with E-state index in [1.807, 2.05) is 12.1 Å². The topological polar surface area (TPSA) is 64.4 Å². The van der Waals surface area contributed by atoms with E-state index in [2.05, 4.69) is 16.7 Å². The van der Waals surface area contributed by atoms with E-state index in [1.165, 1.54) is 0 Å². The van der Waals surface area contributed by atoms with Crippen molar-refractivity contribution in [2.24, 2.45) is 0 Å².